The molecular formula is C9H18O7. The second kappa shape index (κ2) is 4.92. The molecule has 0 saturated carbocycles. The third-order valence-corrected chi connectivity index (χ3v) is 2.64. The molecule has 1 unspecified atom stereocenters. The Morgan fingerprint density at radius 2 is 1.81 bits per heavy atom. The lowest BCUT2D eigenvalue weighted by Crippen LogP contribution is -2.65. The molecule has 0 radical (unpaired) electrons. The summed E-state index contributed by atoms with van der Waals surface area (Å²) < 4.78 is 4.91. The summed E-state index contributed by atoms with van der Waals surface area (Å²) in [5, 5.41) is 56.3. The maximum absolute atomic E-state index is 9.89. The van der Waals surface area contributed by atoms with Crippen LogP contribution in [0.25, 0.3) is 0 Å². The number of aliphatic hydroxyl groups excluding tert-OH is 5. The molecule has 0 amide bonds. The number of ether oxygens (including phenoxy) is 1. The average Bonchev–Trinajstić information content (AvgIpc) is 2.20. The van der Waals surface area contributed by atoms with Crippen LogP contribution < -0.4 is 0 Å². The van der Waals surface area contributed by atoms with Gasteiger partial charge in [-0.25, -0.2) is 0 Å². The van der Waals surface area contributed by atoms with Crippen LogP contribution in [0, 0.1) is 0 Å². The fourth-order valence-corrected chi connectivity index (χ4v) is 1.81. The normalized spacial score (nSPS) is 46.7. The van der Waals surface area contributed by atoms with Crippen LogP contribution >= 0.6 is 0 Å². The van der Waals surface area contributed by atoms with Gasteiger partial charge in [0.15, 0.2) is 5.79 Å². The highest BCUT2D eigenvalue weighted by Crippen LogP contribution is 2.31. The number of rotatable bonds is 3. The van der Waals surface area contributed by atoms with E-state index in [0.717, 1.165) is 0 Å². The Labute approximate surface area is 92.5 Å². The van der Waals surface area contributed by atoms with E-state index in [9.17, 15) is 20.4 Å². The zero-order valence-corrected chi connectivity index (χ0v) is 8.89. The highest BCUT2D eigenvalue weighted by Gasteiger charge is 2.52. The molecule has 7 heteroatoms. The summed E-state index contributed by atoms with van der Waals surface area (Å²) in [6.45, 7) is 0.756. The molecule has 6 N–H and O–H groups in total. The zero-order chi connectivity index (χ0) is 12.5. The van der Waals surface area contributed by atoms with Gasteiger partial charge in [0.25, 0.3) is 0 Å². The van der Waals surface area contributed by atoms with E-state index < -0.39 is 42.9 Å². The molecule has 0 bridgehead atoms. The predicted molar refractivity (Wildman–Crippen MR) is 51.2 cm³/mol. The van der Waals surface area contributed by atoms with Gasteiger partial charge in [-0.1, -0.05) is 0 Å². The maximum atomic E-state index is 9.89. The minimum atomic E-state index is -2.18. The lowest BCUT2D eigenvalue weighted by molar-refractivity contribution is -0.355. The summed E-state index contributed by atoms with van der Waals surface area (Å²) in [5.41, 5.74) is 0. The van der Waals surface area contributed by atoms with Crippen LogP contribution in [0.1, 0.15) is 13.3 Å². The first-order valence-electron chi connectivity index (χ1n) is 5.05. The van der Waals surface area contributed by atoms with Crippen LogP contribution in [0.4, 0.5) is 0 Å². The molecule has 1 fully saturated rings. The second-order valence-corrected chi connectivity index (χ2v) is 4.16. The van der Waals surface area contributed by atoms with E-state index in [1.807, 2.05) is 0 Å². The Bertz CT molecular complexity index is 232. The standard InChI is InChI=1S/C9H18O7/c1-4(11)2-9(15)8(14)7(13)6(12)5(3-10)16-9/h4-8,10-15H,2-3H2,1H3/t4?,5-,6-,7+,8-,9+/m1/s1. The Morgan fingerprint density at radius 3 is 2.25 bits per heavy atom. The SMILES string of the molecule is CC(O)C[C@]1(O)O[C@H](CO)[C@@H](O)[C@H](O)[C@H]1O. The van der Waals surface area contributed by atoms with Gasteiger partial charge in [0.2, 0.25) is 0 Å². The van der Waals surface area contributed by atoms with Crippen molar-refractivity contribution in [2.45, 2.75) is 49.7 Å². The summed E-state index contributed by atoms with van der Waals surface area (Å²) >= 11 is 0. The molecule has 1 rings (SSSR count). The smallest absolute Gasteiger partial charge is 0.197 e. The monoisotopic (exact) mass is 238 g/mol. The molecule has 1 aliphatic rings. The molecule has 6 atom stereocenters. The molecule has 0 spiro atoms. The molecule has 16 heavy (non-hydrogen) atoms. The summed E-state index contributed by atoms with van der Waals surface area (Å²) in [6, 6.07) is 0. The van der Waals surface area contributed by atoms with Crippen LogP contribution in [0.5, 0.6) is 0 Å². The van der Waals surface area contributed by atoms with Crippen molar-refractivity contribution in [3.63, 3.8) is 0 Å². The van der Waals surface area contributed by atoms with Gasteiger partial charge in [0.1, 0.15) is 24.4 Å². The molecule has 96 valence electrons. The molecular weight excluding hydrogens is 220 g/mol. The van der Waals surface area contributed by atoms with Gasteiger partial charge in [-0.15, -0.1) is 0 Å². The Hall–Kier alpha value is -0.280. The lowest BCUT2D eigenvalue weighted by atomic mass is 9.89. The molecule has 1 aliphatic heterocycles. The predicted octanol–water partition coefficient (Wildman–Crippen LogP) is -3.08. The van der Waals surface area contributed by atoms with Crippen LogP contribution in [-0.4, -0.2) is 73.6 Å². The van der Waals surface area contributed by atoms with E-state index in [4.69, 9.17) is 14.9 Å². The van der Waals surface area contributed by atoms with E-state index in [2.05, 4.69) is 0 Å². The van der Waals surface area contributed by atoms with Crippen molar-refractivity contribution >= 4 is 0 Å². The zero-order valence-electron chi connectivity index (χ0n) is 8.89. The third kappa shape index (κ3) is 2.51. The van der Waals surface area contributed by atoms with Gasteiger partial charge in [-0.3, -0.25) is 0 Å². The first kappa shape index (κ1) is 13.8. The van der Waals surface area contributed by atoms with Gasteiger partial charge in [0, 0.05) is 6.42 Å². The third-order valence-electron chi connectivity index (χ3n) is 2.64. The highest BCUT2D eigenvalue weighted by molar-refractivity contribution is 4.96. The fourth-order valence-electron chi connectivity index (χ4n) is 1.81. The number of hydrogen-bond donors (Lipinski definition) is 6. The van der Waals surface area contributed by atoms with Crippen molar-refractivity contribution in [3.8, 4) is 0 Å². The largest absolute Gasteiger partial charge is 0.394 e. The highest BCUT2D eigenvalue weighted by atomic mass is 16.7. The van der Waals surface area contributed by atoms with Gasteiger partial charge >= 0.3 is 0 Å². The molecule has 1 saturated heterocycles. The quantitative estimate of drug-likeness (QED) is 0.307. The summed E-state index contributed by atoms with van der Waals surface area (Å²) in [5.74, 6) is -2.18. The van der Waals surface area contributed by atoms with Crippen molar-refractivity contribution in [1.82, 2.24) is 0 Å². The van der Waals surface area contributed by atoms with Crippen LogP contribution in [-0.2, 0) is 4.74 Å². The van der Waals surface area contributed by atoms with E-state index >= 15 is 0 Å². The van der Waals surface area contributed by atoms with E-state index in [1.165, 1.54) is 6.92 Å². The van der Waals surface area contributed by atoms with Gasteiger partial charge in [-0.05, 0) is 6.92 Å². The van der Waals surface area contributed by atoms with Crippen molar-refractivity contribution in [1.29, 1.82) is 0 Å². The van der Waals surface area contributed by atoms with Crippen LogP contribution in [0.15, 0.2) is 0 Å². The second-order valence-electron chi connectivity index (χ2n) is 4.16. The minimum absolute atomic E-state index is 0.339. The fraction of sp³-hybridized carbons (Fsp3) is 1.00. The van der Waals surface area contributed by atoms with Crippen LogP contribution in [0.3, 0.4) is 0 Å². The van der Waals surface area contributed by atoms with Gasteiger partial charge in [0.05, 0.1) is 12.7 Å². The van der Waals surface area contributed by atoms with Crippen molar-refractivity contribution in [2.24, 2.45) is 0 Å². The Balaban J connectivity index is 2.85. The summed E-state index contributed by atoms with van der Waals surface area (Å²) in [6.07, 6.45) is -7.40. The first-order valence-corrected chi connectivity index (χ1v) is 5.05. The average molecular weight is 238 g/mol. The topological polar surface area (TPSA) is 131 Å². The van der Waals surface area contributed by atoms with Gasteiger partial charge in [-0.2, -0.15) is 0 Å². The van der Waals surface area contributed by atoms with Crippen LogP contribution in [0.2, 0.25) is 0 Å². The maximum Gasteiger partial charge on any atom is 0.197 e. The van der Waals surface area contributed by atoms with E-state index in [-0.39, 0.29) is 6.42 Å². The molecule has 0 aromatic heterocycles. The first-order chi connectivity index (χ1) is 7.31. The van der Waals surface area contributed by atoms with Gasteiger partial charge < -0.3 is 35.4 Å². The lowest BCUT2D eigenvalue weighted by Gasteiger charge is -2.45. The van der Waals surface area contributed by atoms with Crippen molar-refractivity contribution in [3.05, 3.63) is 0 Å². The Kier molecular flexibility index (Phi) is 4.24. The summed E-state index contributed by atoms with van der Waals surface area (Å²) in [7, 11) is 0. The van der Waals surface area contributed by atoms with Crippen molar-refractivity contribution in [2.75, 3.05) is 6.61 Å². The Morgan fingerprint density at radius 1 is 1.25 bits per heavy atom. The minimum Gasteiger partial charge on any atom is -0.394 e. The van der Waals surface area contributed by atoms with E-state index in [0.29, 0.717) is 0 Å². The number of aliphatic hydroxyl groups is 6. The molecule has 0 aliphatic carbocycles. The molecule has 7 nitrogen and oxygen atoms in total. The molecule has 0 aromatic carbocycles. The van der Waals surface area contributed by atoms with Crippen molar-refractivity contribution < 1.29 is 35.4 Å². The number of hydrogen-bond acceptors (Lipinski definition) is 7. The summed E-state index contributed by atoms with van der Waals surface area (Å²) in [4.78, 5) is 0. The molecule has 0 aromatic rings. The molecule has 1 heterocycles. The van der Waals surface area contributed by atoms with E-state index in [1.54, 1.807) is 0 Å².